The Kier molecular flexibility index (Phi) is 6.38. The van der Waals surface area contributed by atoms with Gasteiger partial charge in [-0.25, -0.2) is 9.80 Å². The number of hydrogen-bond acceptors (Lipinski definition) is 4. The molecule has 0 atom stereocenters. The lowest BCUT2D eigenvalue weighted by Crippen LogP contribution is -2.41. The van der Waals surface area contributed by atoms with Crippen molar-refractivity contribution in [2.75, 3.05) is 9.80 Å². The molecule has 2 aliphatic heterocycles. The number of aryl methyl sites for hydroxylation is 2. The van der Waals surface area contributed by atoms with Gasteiger partial charge in [0.1, 0.15) is 0 Å². The zero-order valence-electron chi connectivity index (χ0n) is 30.6. The van der Waals surface area contributed by atoms with Crippen molar-refractivity contribution in [3.05, 3.63) is 129 Å². The summed E-state index contributed by atoms with van der Waals surface area (Å²) in [6.07, 6.45) is 0. The van der Waals surface area contributed by atoms with E-state index >= 15 is 0 Å². The van der Waals surface area contributed by atoms with E-state index in [1.165, 1.54) is 9.80 Å². The molecule has 7 aromatic rings. The topological polar surface area (TPSA) is 74.8 Å². The number of fused-ring (bicyclic) bond motifs is 2. The van der Waals surface area contributed by atoms with E-state index in [2.05, 4.69) is 47.6 Å². The fourth-order valence-corrected chi connectivity index (χ4v) is 8.48. The molecule has 0 aliphatic carbocycles. The first-order chi connectivity index (χ1) is 24.6. The van der Waals surface area contributed by atoms with Gasteiger partial charge in [0, 0.05) is 33.0 Å². The third-order valence-electron chi connectivity index (χ3n) is 11.2. The summed E-state index contributed by atoms with van der Waals surface area (Å²) in [4.78, 5) is 60.3. The molecule has 0 saturated carbocycles. The molecule has 0 bridgehead atoms. The maximum atomic E-state index is 14.5. The number of hydrogen-bond donors (Lipinski definition) is 0. The van der Waals surface area contributed by atoms with Crippen LogP contribution in [-0.4, -0.2) is 23.6 Å². The van der Waals surface area contributed by atoms with Crippen molar-refractivity contribution < 1.29 is 19.2 Å². The minimum absolute atomic E-state index is 0.166. The average molecular weight is 683 g/mol. The first kappa shape index (κ1) is 32.1. The molecule has 0 radical (unpaired) electrons. The summed E-state index contributed by atoms with van der Waals surface area (Å²) in [7, 11) is 0. The van der Waals surface area contributed by atoms with Crippen LogP contribution in [0.1, 0.15) is 105 Å². The van der Waals surface area contributed by atoms with Gasteiger partial charge in [0.2, 0.25) is 0 Å². The standard InChI is InChI=1S/C46H38N2O4/c1-23-9-20-34(46(6,7)8)36(21-23)48-43(51)32-18-14-28-26-12-16-30-39-31(17-13-27(37(26)39)29-15-19-33(44(48)52)40(32)38(28)29)42(50)47(41(30)49)35-22-25(45(3,4)5)11-10-24(35)2/h9-22H,1-8H3. The predicted octanol–water partition coefficient (Wildman–Crippen LogP) is 10.6. The van der Waals surface area contributed by atoms with E-state index in [0.717, 1.165) is 54.6 Å². The van der Waals surface area contributed by atoms with Crippen LogP contribution in [0.5, 0.6) is 0 Å². The SMILES string of the molecule is Cc1ccc(C(C)(C)C)c(N2C(=O)c3ccc4c5ccc6c7c(ccc(c8ccc(c3c48)C2=O)c75)C(=O)N(c2cc(C(C)(C)C)ccc2C)C6=O)c1. The van der Waals surface area contributed by atoms with Crippen molar-refractivity contribution in [1.82, 2.24) is 0 Å². The summed E-state index contributed by atoms with van der Waals surface area (Å²) in [6.45, 7) is 16.5. The van der Waals surface area contributed by atoms with Crippen LogP contribution in [0.3, 0.4) is 0 Å². The van der Waals surface area contributed by atoms with Crippen LogP contribution in [-0.2, 0) is 10.8 Å². The van der Waals surface area contributed by atoms with Gasteiger partial charge in [-0.15, -0.1) is 0 Å². The molecular weight excluding hydrogens is 645 g/mol. The number of imide groups is 2. The van der Waals surface area contributed by atoms with Gasteiger partial charge in [0.25, 0.3) is 23.6 Å². The van der Waals surface area contributed by atoms with Gasteiger partial charge >= 0.3 is 0 Å². The minimum atomic E-state index is -0.353. The Hall–Kier alpha value is -5.88. The Morgan fingerprint density at radius 3 is 1.25 bits per heavy atom. The van der Waals surface area contributed by atoms with Gasteiger partial charge in [-0.3, -0.25) is 19.2 Å². The highest BCUT2D eigenvalue weighted by atomic mass is 16.2. The monoisotopic (exact) mass is 682 g/mol. The van der Waals surface area contributed by atoms with Crippen LogP contribution in [0.4, 0.5) is 11.4 Å². The smallest absolute Gasteiger partial charge is 0.265 e. The molecule has 256 valence electrons. The molecule has 0 fully saturated rings. The Balaban J connectivity index is 1.27. The maximum absolute atomic E-state index is 14.5. The van der Waals surface area contributed by atoms with Crippen LogP contribution in [0.15, 0.2) is 84.9 Å². The average Bonchev–Trinajstić information content (AvgIpc) is 3.08. The second kappa shape index (κ2) is 10.3. The van der Waals surface area contributed by atoms with Crippen LogP contribution < -0.4 is 9.80 Å². The number of benzene rings is 7. The van der Waals surface area contributed by atoms with Crippen LogP contribution in [0, 0.1) is 13.8 Å². The minimum Gasteiger partial charge on any atom is -0.268 e. The van der Waals surface area contributed by atoms with Crippen LogP contribution >= 0.6 is 0 Å². The summed E-state index contributed by atoms with van der Waals surface area (Å²) in [6, 6.07) is 27.0. The molecule has 0 aromatic heterocycles. The van der Waals surface area contributed by atoms with Gasteiger partial charge in [-0.1, -0.05) is 90.1 Å². The van der Waals surface area contributed by atoms with E-state index in [4.69, 9.17) is 0 Å². The Labute approximate surface area is 302 Å². The molecule has 7 aromatic carbocycles. The Morgan fingerprint density at radius 2 is 0.846 bits per heavy atom. The molecule has 0 spiro atoms. The van der Waals surface area contributed by atoms with Crippen LogP contribution in [0.2, 0.25) is 0 Å². The first-order valence-corrected chi connectivity index (χ1v) is 17.8. The largest absolute Gasteiger partial charge is 0.268 e. The highest BCUT2D eigenvalue weighted by Gasteiger charge is 2.39. The van der Waals surface area contributed by atoms with E-state index in [9.17, 15) is 19.2 Å². The summed E-state index contributed by atoms with van der Waals surface area (Å²) < 4.78 is 0. The summed E-state index contributed by atoms with van der Waals surface area (Å²) >= 11 is 0. The second-order valence-corrected chi connectivity index (χ2v) is 16.6. The summed E-state index contributed by atoms with van der Waals surface area (Å²) in [5.41, 5.74) is 6.38. The zero-order chi connectivity index (χ0) is 36.8. The number of carbonyl (C=O) groups is 4. The maximum Gasteiger partial charge on any atom is 0.265 e. The number of anilines is 2. The summed E-state index contributed by atoms with van der Waals surface area (Å²) in [5.74, 6) is -1.41. The van der Waals surface area contributed by atoms with E-state index in [1.807, 2.05) is 92.7 Å². The van der Waals surface area contributed by atoms with Crippen molar-refractivity contribution in [2.45, 2.75) is 66.2 Å². The third-order valence-corrected chi connectivity index (χ3v) is 11.2. The van der Waals surface area contributed by atoms with Gasteiger partial charge in [0.15, 0.2) is 0 Å². The third kappa shape index (κ3) is 4.18. The van der Waals surface area contributed by atoms with Gasteiger partial charge in [0.05, 0.1) is 11.4 Å². The quantitative estimate of drug-likeness (QED) is 0.103. The molecular formula is C46H38N2O4. The van der Waals surface area contributed by atoms with E-state index in [-0.39, 0.29) is 34.5 Å². The van der Waals surface area contributed by atoms with Gasteiger partial charge in [-0.05, 0) is 116 Å². The second-order valence-electron chi connectivity index (χ2n) is 16.6. The molecule has 0 saturated heterocycles. The molecule has 2 heterocycles. The lowest BCUT2D eigenvalue weighted by Gasteiger charge is -2.33. The lowest BCUT2D eigenvalue weighted by molar-refractivity contribution is 0.0877. The fraction of sp³-hybridized carbons (Fsp3) is 0.217. The molecule has 9 rings (SSSR count). The van der Waals surface area contributed by atoms with Crippen LogP contribution in [0.25, 0.3) is 43.1 Å². The Morgan fingerprint density at radius 1 is 0.423 bits per heavy atom. The van der Waals surface area contributed by atoms with Crippen molar-refractivity contribution >= 4 is 78.1 Å². The molecule has 0 N–H and O–H groups in total. The number of rotatable bonds is 2. The highest BCUT2D eigenvalue weighted by Crippen LogP contribution is 2.48. The highest BCUT2D eigenvalue weighted by molar-refractivity contribution is 6.45. The van der Waals surface area contributed by atoms with Gasteiger partial charge in [-0.2, -0.15) is 0 Å². The van der Waals surface area contributed by atoms with Crippen molar-refractivity contribution in [3.63, 3.8) is 0 Å². The summed E-state index contributed by atoms with van der Waals surface area (Å²) in [5, 5.41) is 6.39. The van der Waals surface area contributed by atoms with Crippen molar-refractivity contribution in [2.24, 2.45) is 0 Å². The predicted molar refractivity (Wildman–Crippen MR) is 210 cm³/mol. The van der Waals surface area contributed by atoms with E-state index < -0.39 is 0 Å². The molecule has 2 aliphatic rings. The molecule has 6 heteroatoms. The first-order valence-electron chi connectivity index (χ1n) is 17.8. The van der Waals surface area contributed by atoms with Crippen molar-refractivity contribution in [3.8, 4) is 0 Å². The normalized spacial score (nSPS) is 15.0. The van der Waals surface area contributed by atoms with E-state index in [1.54, 1.807) is 0 Å². The number of amides is 4. The van der Waals surface area contributed by atoms with E-state index in [0.29, 0.717) is 44.4 Å². The zero-order valence-corrected chi connectivity index (χ0v) is 30.6. The molecule has 0 unspecified atom stereocenters. The number of carbonyl (C=O) groups excluding carboxylic acids is 4. The Bertz CT molecular complexity index is 2690. The van der Waals surface area contributed by atoms with Crippen molar-refractivity contribution in [1.29, 1.82) is 0 Å². The lowest BCUT2D eigenvalue weighted by atomic mass is 9.81. The number of nitrogens with zero attached hydrogens (tertiary/aromatic N) is 2. The van der Waals surface area contributed by atoms with Gasteiger partial charge < -0.3 is 0 Å². The molecule has 6 nitrogen and oxygen atoms in total. The fourth-order valence-electron chi connectivity index (χ4n) is 8.48. The molecule has 52 heavy (non-hydrogen) atoms. The molecule has 4 amide bonds.